The van der Waals surface area contributed by atoms with E-state index in [1.54, 1.807) is 6.21 Å². The van der Waals surface area contributed by atoms with Crippen molar-refractivity contribution in [2.45, 2.75) is 32.3 Å². The van der Waals surface area contributed by atoms with E-state index in [-0.39, 0.29) is 0 Å². The van der Waals surface area contributed by atoms with Crippen molar-refractivity contribution < 1.29 is 4.74 Å². The molecule has 1 aromatic carbocycles. The molecule has 0 aliphatic carbocycles. The third-order valence-corrected chi connectivity index (χ3v) is 4.73. The number of allylic oxidation sites excluding steroid dienone is 3. The summed E-state index contributed by atoms with van der Waals surface area (Å²) in [4.78, 5) is 0. The van der Waals surface area contributed by atoms with Gasteiger partial charge in [0.2, 0.25) is 0 Å². The summed E-state index contributed by atoms with van der Waals surface area (Å²) in [7, 11) is 1.84. The van der Waals surface area contributed by atoms with Crippen molar-refractivity contribution in [3.63, 3.8) is 0 Å². The van der Waals surface area contributed by atoms with Crippen molar-refractivity contribution in [3.8, 4) is 5.75 Å². The molecule has 0 amide bonds. The maximum absolute atomic E-state index is 6.52. The number of nitrogens with zero attached hydrogens (tertiary/aromatic N) is 2. The van der Waals surface area contributed by atoms with Crippen LogP contribution in [0.15, 0.2) is 51.9 Å². The molecule has 0 radical (unpaired) electrons. The number of ether oxygens (including phenoxy) is 1. The van der Waals surface area contributed by atoms with E-state index in [4.69, 9.17) is 16.3 Å². The molecule has 2 aliphatic rings. The number of hydrogen-bond acceptors (Lipinski definition) is 5. The van der Waals surface area contributed by atoms with E-state index in [1.807, 2.05) is 36.3 Å². The van der Waals surface area contributed by atoms with Gasteiger partial charge in [-0.15, -0.1) is 0 Å². The van der Waals surface area contributed by atoms with Gasteiger partial charge in [-0.25, -0.2) is 5.01 Å². The number of rotatable bonds is 5. The molecule has 1 fully saturated rings. The monoisotopic (exact) mass is 360 g/mol. The first kappa shape index (κ1) is 17.8. The van der Waals surface area contributed by atoms with E-state index in [2.05, 4.69) is 28.7 Å². The van der Waals surface area contributed by atoms with E-state index >= 15 is 0 Å². The van der Waals surface area contributed by atoms with E-state index in [0.29, 0.717) is 11.1 Å². The quantitative estimate of drug-likeness (QED) is 0.842. The highest BCUT2D eigenvalue weighted by Crippen LogP contribution is 2.32. The predicted molar refractivity (Wildman–Crippen MR) is 104 cm³/mol. The van der Waals surface area contributed by atoms with Crippen LogP contribution in [-0.4, -0.2) is 32.5 Å². The average molecular weight is 361 g/mol. The van der Waals surface area contributed by atoms with Crippen LogP contribution in [0.5, 0.6) is 5.75 Å². The van der Waals surface area contributed by atoms with Crippen molar-refractivity contribution in [2.75, 3.05) is 25.1 Å². The van der Waals surface area contributed by atoms with Crippen LogP contribution in [0.25, 0.3) is 0 Å². The van der Waals surface area contributed by atoms with E-state index < -0.39 is 0 Å². The molecule has 0 spiro atoms. The van der Waals surface area contributed by atoms with Gasteiger partial charge in [-0.05, 0) is 56.6 Å². The van der Waals surface area contributed by atoms with Gasteiger partial charge in [0.1, 0.15) is 11.9 Å². The van der Waals surface area contributed by atoms with Gasteiger partial charge >= 0.3 is 0 Å². The van der Waals surface area contributed by atoms with Gasteiger partial charge in [-0.3, -0.25) is 0 Å². The smallest absolute Gasteiger partial charge is 0.119 e. The Labute approximate surface area is 154 Å². The van der Waals surface area contributed by atoms with Crippen molar-refractivity contribution in [2.24, 2.45) is 5.10 Å². The molecule has 0 saturated carbocycles. The van der Waals surface area contributed by atoms with Crippen LogP contribution in [0.1, 0.15) is 26.2 Å². The lowest BCUT2D eigenvalue weighted by molar-refractivity contribution is 0.162. The molecule has 2 heterocycles. The van der Waals surface area contributed by atoms with Crippen molar-refractivity contribution >= 4 is 23.5 Å². The van der Waals surface area contributed by atoms with Gasteiger partial charge in [0, 0.05) is 7.05 Å². The number of nitrogens with one attached hydrogen (secondary N) is 2. The highest BCUT2D eigenvalue weighted by atomic mass is 35.5. The zero-order valence-electron chi connectivity index (χ0n) is 14.8. The third-order valence-electron chi connectivity index (χ3n) is 4.33. The van der Waals surface area contributed by atoms with Crippen LogP contribution in [0, 0.1) is 0 Å². The molecule has 2 aliphatic heterocycles. The molecule has 25 heavy (non-hydrogen) atoms. The van der Waals surface area contributed by atoms with Gasteiger partial charge in [-0.2, -0.15) is 5.10 Å². The lowest BCUT2D eigenvalue weighted by Crippen LogP contribution is -2.34. The largest absolute Gasteiger partial charge is 0.490 e. The van der Waals surface area contributed by atoms with Crippen LogP contribution >= 0.6 is 11.6 Å². The minimum Gasteiger partial charge on any atom is -0.490 e. The Morgan fingerprint density at radius 3 is 2.68 bits per heavy atom. The van der Waals surface area contributed by atoms with E-state index in [1.165, 1.54) is 0 Å². The highest BCUT2D eigenvalue weighted by molar-refractivity contribution is 6.34. The molecule has 6 heteroatoms. The summed E-state index contributed by atoms with van der Waals surface area (Å²) in [6.45, 7) is 4.13. The fraction of sp³-hybridized carbons (Fsp3) is 0.421. The Kier molecular flexibility index (Phi) is 6.00. The van der Waals surface area contributed by atoms with E-state index in [9.17, 15) is 0 Å². The lowest BCUT2D eigenvalue weighted by Gasteiger charge is -2.27. The summed E-state index contributed by atoms with van der Waals surface area (Å²) >= 11 is 6.52. The average Bonchev–Trinajstić information content (AvgIpc) is 2.65. The second-order valence-corrected chi connectivity index (χ2v) is 6.47. The third kappa shape index (κ3) is 4.17. The number of anilines is 1. The summed E-state index contributed by atoms with van der Waals surface area (Å²) in [5.41, 5.74) is 2.67. The molecular formula is C19H25ClN4O. The zero-order valence-corrected chi connectivity index (χ0v) is 15.5. The van der Waals surface area contributed by atoms with Crippen molar-refractivity contribution in [3.05, 3.63) is 46.8 Å². The summed E-state index contributed by atoms with van der Waals surface area (Å²) in [5, 5.41) is 13.5. The van der Waals surface area contributed by atoms with Gasteiger partial charge < -0.3 is 15.4 Å². The number of hydrazone groups is 1. The topological polar surface area (TPSA) is 48.9 Å². The fourth-order valence-electron chi connectivity index (χ4n) is 2.99. The van der Waals surface area contributed by atoms with Crippen LogP contribution in [0.2, 0.25) is 0 Å². The maximum Gasteiger partial charge on any atom is 0.119 e. The Hall–Kier alpha value is -1.98. The molecular weight excluding hydrogens is 336 g/mol. The van der Waals surface area contributed by atoms with Gasteiger partial charge in [0.25, 0.3) is 0 Å². The molecule has 1 aromatic rings. The standard InChI is InChI=1S/C19H25ClN4O/c1-3-4-18-19(20)17(21-2)13-23-24(18)14-5-7-15(8-6-14)25-16-9-11-22-12-10-16/h4-8,13,16,21-22H,3,9-12H2,1-2H3/b18-4+. The first-order valence-electron chi connectivity index (χ1n) is 8.82. The second kappa shape index (κ2) is 8.41. The molecule has 0 atom stereocenters. The second-order valence-electron chi connectivity index (χ2n) is 6.09. The summed E-state index contributed by atoms with van der Waals surface area (Å²) in [5.74, 6) is 0.898. The predicted octanol–water partition coefficient (Wildman–Crippen LogP) is 3.59. The van der Waals surface area contributed by atoms with E-state index in [0.717, 1.165) is 55.2 Å². The van der Waals surface area contributed by atoms with Crippen LogP contribution in [0.4, 0.5) is 5.69 Å². The molecule has 0 aromatic heterocycles. The van der Waals surface area contributed by atoms with Crippen LogP contribution in [-0.2, 0) is 0 Å². The molecule has 5 nitrogen and oxygen atoms in total. The van der Waals surface area contributed by atoms with Crippen LogP contribution < -0.4 is 20.4 Å². The van der Waals surface area contributed by atoms with Gasteiger partial charge in [-0.1, -0.05) is 24.6 Å². The Morgan fingerprint density at radius 1 is 1.32 bits per heavy atom. The SMILES string of the molecule is CC/C=C1\C(Cl)=C(NC)C=NN1c1ccc(OC2CCNCC2)cc1. The van der Waals surface area contributed by atoms with Crippen molar-refractivity contribution in [1.29, 1.82) is 0 Å². The number of benzene rings is 1. The Morgan fingerprint density at radius 2 is 2.04 bits per heavy atom. The molecule has 134 valence electrons. The fourth-order valence-corrected chi connectivity index (χ4v) is 3.29. The molecule has 0 unspecified atom stereocenters. The summed E-state index contributed by atoms with van der Waals surface area (Å²) in [6.07, 6.45) is 7.10. The Balaban J connectivity index is 1.76. The van der Waals surface area contributed by atoms with Crippen LogP contribution in [0.3, 0.4) is 0 Å². The van der Waals surface area contributed by atoms with Crippen molar-refractivity contribution in [1.82, 2.24) is 10.6 Å². The first-order chi connectivity index (χ1) is 12.2. The van der Waals surface area contributed by atoms with Gasteiger partial charge in [0.05, 0.1) is 28.3 Å². The maximum atomic E-state index is 6.52. The molecule has 1 saturated heterocycles. The number of hydrogen-bond donors (Lipinski definition) is 2. The van der Waals surface area contributed by atoms with Gasteiger partial charge in [0.15, 0.2) is 0 Å². The number of halogens is 1. The molecule has 2 N–H and O–H groups in total. The highest BCUT2D eigenvalue weighted by Gasteiger charge is 2.21. The first-order valence-corrected chi connectivity index (χ1v) is 9.20. The molecule has 3 rings (SSSR count). The zero-order chi connectivity index (χ0) is 17.6. The normalized spacial score (nSPS) is 20.3. The molecule has 0 bridgehead atoms. The lowest BCUT2D eigenvalue weighted by atomic mass is 10.1. The summed E-state index contributed by atoms with van der Waals surface area (Å²) in [6, 6.07) is 8.04. The minimum absolute atomic E-state index is 0.297. The Bertz CT molecular complexity index is 675. The summed E-state index contributed by atoms with van der Waals surface area (Å²) < 4.78 is 6.07. The number of piperidine rings is 1. The minimum atomic E-state index is 0.297.